The fourth-order valence-electron chi connectivity index (χ4n) is 3.33. The molecule has 142 valence electrons. The third-order valence-electron chi connectivity index (χ3n) is 5.12. The van der Waals surface area contributed by atoms with Crippen molar-refractivity contribution < 1.29 is 13.9 Å². The second kappa shape index (κ2) is 8.80. The van der Waals surface area contributed by atoms with Crippen molar-refractivity contribution in [3.63, 3.8) is 0 Å². The Morgan fingerprint density at radius 2 is 2.04 bits per heavy atom. The van der Waals surface area contributed by atoms with Crippen molar-refractivity contribution in [2.45, 2.75) is 38.6 Å². The summed E-state index contributed by atoms with van der Waals surface area (Å²) in [5.41, 5.74) is 0.616. The summed E-state index contributed by atoms with van der Waals surface area (Å²) in [6.45, 7) is 2.26. The average molecular weight is 368 g/mol. The fraction of sp³-hybridized carbons (Fsp3) is 0.364. The van der Waals surface area contributed by atoms with Crippen LogP contribution >= 0.6 is 0 Å². The second-order valence-electron chi connectivity index (χ2n) is 7.18. The summed E-state index contributed by atoms with van der Waals surface area (Å²) >= 11 is 0. The number of pyridine rings is 1. The van der Waals surface area contributed by atoms with E-state index >= 15 is 0 Å². The van der Waals surface area contributed by atoms with Crippen LogP contribution in [0.15, 0.2) is 48.8 Å². The Balaban J connectivity index is 1.61. The quantitative estimate of drug-likeness (QED) is 0.693. The standard InChI is InChI=1S/C22H25FN2O2/c1-16-5-9-18(10-6-16)25(2)22(26)12-8-17-7-11-21(20(23)14-17)27-19-4-3-13-24-15-19/h3-4,7-8,11-16,18H,5-6,9-10H2,1-2H3/b12-8+. The molecule has 2 aromatic rings. The van der Waals surface area contributed by atoms with E-state index in [1.165, 1.54) is 18.3 Å². The molecular weight excluding hydrogens is 343 g/mol. The van der Waals surface area contributed by atoms with Gasteiger partial charge in [-0.05, 0) is 67.5 Å². The molecule has 27 heavy (non-hydrogen) atoms. The molecule has 0 N–H and O–H groups in total. The maximum absolute atomic E-state index is 14.3. The number of nitrogens with zero attached hydrogens (tertiary/aromatic N) is 2. The number of ether oxygens (including phenoxy) is 1. The highest BCUT2D eigenvalue weighted by molar-refractivity contribution is 5.91. The minimum Gasteiger partial charge on any atom is -0.453 e. The number of aromatic nitrogens is 1. The van der Waals surface area contributed by atoms with Gasteiger partial charge in [0.05, 0.1) is 6.20 Å². The summed E-state index contributed by atoms with van der Waals surface area (Å²) in [5.74, 6) is 0.808. The van der Waals surface area contributed by atoms with Gasteiger partial charge in [-0.2, -0.15) is 0 Å². The third kappa shape index (κ3) is 5.16. The average Bonchev–Trinajstić information content (AvgIpc) is 2.69. The number of likely N-dealkylation sites (N-methyl/N-ethyl adjacent to an activating group) is 1. The Morgan fingerprint density at radius 3 is 2.70 bits per heavy atom. The Bertz CT molecular complexity index is 799. The first-order valence-electron chi connectivity index (χ1n) is 9.35. The molecule has 1 heterocycles. The molecule has 0 atom stereocenters. The number of halogens is 1. The highest BCUT2D eigenvalue weighted by atomic mass is 19.1. The van der Waals surface area contributed by atoms with Crippen LogP contribution in [-0.4, -0.2) is 28.9 Å². The van der Waals surface area contributed by atoms with E-state index < -0.39 is 5.82 Å². The van der Waals surface area contributed by atoms with E-state index in [4.69, 9.17) is 4.74 Å². The minimum atomic E-state index is -0.483. The van der Waals surface area contributed by atoms with Crippen molar-refractivity contribution in [3.8, 4) is 11.5 Å². The SMILES string of the molecule is CC1CCC(N(C)C(=O)/C=C/c2ccc(Oc3cccnc3)c(F)c2)CC1. The van der Waals surface area contributed by atoms with Crippen molar-refractivity contribution in [3.05, 3.63) is 60.2 Å². The van der Waals surface area contributed by atoms with Crippen LogP contribution in [0.2, 0.25) is 0 Å². The normalized spacial score (nSPS) is 19.8. The number of hydrogen-bond donors (Lipinski definition) is 0. The summed E-state index contributed by atoms with van der Waals surface area (Å²) in [7, 11) is 1.85. The lowest BCUT2D eigenvalue weighted by atomic mass is 9.87. The molecule has 5 heteroatoms. The number of hydrogen-bond acceptors (Lipinski definition) is 3. The fourth-order valence-corrected chi connectivity index (χ4v) is 3.33. The van der Waals surface area contributed by atoms with E-state index in [2.05, 4.69) is 11.9 Å². The van der Waals surface area contributed by atoms with Crippen molar-refractivity contribution in [1.29, 1.82) is 0 Å². The molecule has 1 saturated carbocycles. The Morgan fingerprint density at radius 1 is 1.26 bits per heavy atom. The monoisotopic (exact) mass is 368 g/mol. The lowest BCUT2D eigenvalue weighted by Crippen LogP contribution is -2.38. The molecule has 3 rings (SSSR count). The molecule has 1 aliphatic carbocycles. The van der Waals surface area contributed by atoms with Crippen molar-refractivity contribution in [2.75, 3.05) is 7.05 Å². The smallest absolute Gasteiger partial charge is 0.246 e. The highest BCUT2D eigenvalue weighted by Crippen LogP contribution is 2.27. The molecule has 1 aliphatic rings. The van der Waals surface area contributed by atoms with Gasteiger partial charge in [0.15, 0.2) is 11.6 Å². The van der Waals surface area contributed by atoms with Crippen LogP contribution in [-0.2, 0) is 4.79 Å². The number of carbonyl (C=O) groups is 1. The van der Waals surface area contributed by atoms with Crippen LogP contribution < -0.4 is 4.74 Å². The first-order chi connectivity index (χ1) is 13.0. The molecule has 1 aromatic heterocycles. The molecule has 0 saturated heterocycles. The van der Waals surface area contributed by atoms with Crippen molar-refractivity contribution >= 4 is 12.0 Å². The van der Waals surface area contributed by atoms with Crippen LogP contribution in [0.25, 0.3) is 6.08 Å². The van der Waals surface area contributed by atoms with Gasteiger partial charge in [-0.25, -0.2) is 4.39 Å². The van der Waals surface area contributed by atoms with Gasteiger partial charge < -0.3 is 9.64 Å². The molecular formula is C22H25FN2O2. The van der Waals surface area contributed by atoms with Gasteiger partial charge in [0, 0.05) is 25.4 Å². The predicted molar refractivity (Wildman–Crippen MR) is 104 cm³/mol. The molecule has 0 unspecified atom stereocenters. The third-order valence-corrected chi connectivity index (χ3v) is 5.12. The van der Waals surface area contributed by atoms with Gasteiger partial charge in [-0.3, -0.25) is 9.78 Å². The van der Waals surface area contributed by atoms with E-state index in [1.807, 2.05) is 7.05 Å². The predicted octanol–water partition coefficient (Wildman–Crippen LogP) is 5.06. The van der Waals surface area contributed by atoms with E-state index in [0.717, 1.165) is 31.6 Å². The number of carbonyl (C=O) groups excluding carboxylic acids is 1. The molecule has 0 bridgehead atoms. The second-order valence-corrected chi connectivity index (χ2v) is 7.18. The van der Waals surface area contributed by atoms with Crippen LogP contribution in [0, 0.1) is 11.7 Å². The first-order valence-corrected chi connectivity index (χ1v) is 9.35. The zero-order valence-electron chi connectivity index (χ0n) is 15.8. The molecule has 1 fully saturated rings. The highest BCUT2D eigenvalue weighted by Gasteiger charge is 2.23. The molecule has 0 aliphatic heterocycles. The van der Waals surface area contributed by atoms with Gasteiger partial charge in [-0.1, -0.05) is 13.0 Å². The lowest BCUT2D eigenvalue weighted by Gasteiger charge is -2.33. The molecule has 4 nitrogen and oxygen atoms in total. The minimum absolute atomic E-state index is 0.0503. The van der Waals surface area contributed by atoms with E-state index in [-0.39, 0.29) is 11.7 Å². The Labute approximate surface area is 159 Å². The van der Waals surface area contributed by atoms with Crippen LogP contribution in [0.1, 0.15) is 38.2 Å². The van der Waals surface area contributed by atoms with Crippen LogP contribution in [0.3, 0.4) is 0 Å². The van der Waals surface area contributed by atoms with Gasteiger partial charge in [0.2, 0.25) is 5.91 Å². The topological polar surface area (TPSA) is 42.4 Å². The van der Waals surface area contributed by atoms with E-state index in [1.54, 1.807) is 41.4 Å². The number of rotatable bonds is 5. The largest absolute Gasteiger partial charge is 0.453 e. The maximum atomic E-state index is 14.3. The summed E-state index contributed by atoms with van der Waals surface area (Å²) < 4.78 is 19.8. The molecule has 1 amide bonds. The summed E-state index contributed by atoms with van der Waals surface area (Å²) in [4.78, 5) is 18.1. The lowest BCUT2D eigenvalue weighted by molar-refractivity contribution is -0.127. The Kier molecular flexibility index (Phi) is 6.22. The van der Waals surface area contributed by atoms with Gasteiger partial charge >= 0.3 is 0 Å². The van der Waals surface area contributed by atoms with E-state index in [9.17, 15) is 9.18 Å². The summed E-state index contributed by atoms with van der Waals surface area (Å²) in [6.07, 6.45) is 10.7. The summed E-state index contributed by atoms with van der Waals surface area (Å²) in [5, 5.41) is 0. The number of benzene rings is 1. The van der Waals surface area contributed by atoms with Crippen LogP contribution in [0.5, 0.6) is 11.5 Å². The Hall–Kier alpha value is -2.69. The maximum Gasteiger partial charge on any atom is 0.246 e. The van der Waals surface area contributed by atoms with Gasteiger partial charge in [0.1, 0.15) is 5.75 Å². The van der Waals surface area contributed by atoms with E-state index in [0.29, 0.717) is 17.4 Å². The number of amides is 1. The van der Waals surface area contributed by atoms with Gasteiger partial charge in [-0.15, -0.1) is 0 Å². The zero-order valence-corrected chi connectivity index (χ0v) is 15.8. The van der Waals surface area contributed by atoms with Gasteiger partial charge in [0.25, 0.3) is 0 Å². The molecule has 0 radical (unpaired) electrons. The van der Waals surface area contributed by atoms with Crippen molar-refractivity contribution in [1.82, 2.24) is 9.88 Å². The van der Waals surface area contributed by atoms with Crippen molar-refractivity contribution in [2.24, 2.45) is 5.92 Å². The zero-order chi connectivity index (χ0) is 19.2. The van der Waals surface area contributed by atoms with Crippen LogP contribution in [0.4, 0.5) is 4.39 Å². The first kappa shape index (κ1) is 19.1. The molecule has 1 aromatic carbocycles. The summed E-state index contributed by atoms with van der Waals surface area (Å²) in [6, 6.07) is 8.36. The molecule has 0 spiro atoms.